The molecule has 20 heavy (non-hydrogen) atoms. The van der Waals surface area contributed by atoms with E-state index in [-0.39, 0.29) is 6.04 Å². The van der Waals surface area contributed by atoms with Crippen molar-refractivity contribution in [2.24, 2.45) is 0 Å². The first-order valence-corrected chi connectivity index (χ1v) is 7.61. The van der Waals surface area contributed by atoms with E-state index in [0.29, 0.717) is 0 Å². The average molecular weight is 265 g/mol. The fraction of sp³-hybridized carbons (Fsp3) is 0.368. The Morgan fingerprint density at radius 1 is 1.00 bits per heavy atom. The molecule has 0 bridgehead atoms. The van der Waals surface area contributed by atoms with Crippen molar-refractivity contribution in [3.05, 3.63) is 70.8 Å². The molecular formula is C19H23N. The third-order valence-corrected chi connectivity index (χ3v) is 4.51. The minimum atomic E-state index is 0.283. The molecule has 0 radical (unpaired) electrons. The van der Waals surface area contributed by atoms with E-state index in [0.717, 1.165) is 5.92 Å². The summed E-state index contributed by atoms with van der Waals surface area (Å²) in [5.74, 6) is 0.816. The van der Waals surface area contributed by atoms with Gasteiger partial charge in [0.05, 0.1) is 6.04 Å². The van der Waals surface area contributed by atoms with Crippen molar-refractivity contribution in [2.45, 2.75) is 38.1 Å². The number of benzene rings is 2. The standard InChI is InChI=1S/C19H23N/c1-14-5-3-8-18(13-14)19(20-2)17-11-9-16(10-12-17)15-6-4-7-15/h3,5,8-13,15,19-20H,4,6-7H2,1-2H3. The van der Waals surface area contributed by atoms with E-state index in [1.807, 2.05) is 7.05 Å². The molecule has 1 heteroatoms. The topological polar surface area (TPSA) is 12.0 Å². The molecule has 0 heterocycles. The number of hydrogen-bond donors (Lipinski definition) is 1. The number of hydrogen-bond acceptors (Lipinski definition) is 1. The largest absolute Gasteiger partial charge is 0.309 e. The fourth-order valence-corrected chi connectivity index (χ4v) is 3.08. The highest BCUT2D eigenvalue weighted by molar-refractivity contribution is 5.36. The van der Waals surface area contributed by atoms with Gasteiger partial charge in [0.2, 0.25) is 0 Å². The summed E-state index contributed by atoms with van der Waals surface area (Å²) >= 11 is 0. The molecule has 2 aromatic rings. The summed E-state index contributed by atoms with van der Waals surface area (Å²) in [5, 5.41) is 3.44. The Morgan fingerprint density at radius 2 is 1.75 bits per heavy atom. The normalized spacial score (nSPS) is 16.7. The van der Waals surface area contributed by atoms with Gasteiger partial charge in [-0.15, -0.1) is 0 Å². The van der Waals surface area contributed by atoms with E-state index in [1.165, 1.54) is 41.5 Å². The van der Waals surface area contributed by atoms with Crippen LogP contribution in [0, 0.1) is 6.92 Å². The van der Waals surface area contributed by atoms with Crippen LogP contribution in [0.25, 0.3) is 0 Å². The van der Waals surface area contributed by atoms with Gasteiger partial charge in [0.1, 0.15) is 0 Å². The molecule has 0 aromatic heterocycles. The van der Waals surface area contributed by atoms with Gasteiger partial charge in [-0.05, 0) is 49.4 Å². The van der Waals surface area contributed by atoms with Crippen LogP contribution in [0.3, 0.4) is 0 Å². The zero-order valence-electron chi connectivity index (χ0n) is 12.4. The van der Waals surface area contributed by atoms with E-state index >= 15 is 0 Å². The van der Waals surface area contributed by atoms with Gasteiger partial charge in [-0.2, -0.15) is 0 Å². The monoisotopic (exact) mass is 265 g/mol. The molecule has 1 atom stereocenters. The van der Waals surface area contributed by atoms with E-state index in [2.05, 4.69) is 60.8 Å². The fourth-order valence-electron chi connectivity index (χ4n) is 3.08. The zero-order valence-corrected chi connectivity index (χ0v) is 12.4. The molecule has 104 valence electrons. The van der Waals surface area contributed by atoms with Gasteiger partial charge in [0.15, 0.2) is 0 Å². The smallest absolute Gasteiger partial charge is 0.0574 e. The van der Waals surface area contributed by atoms with Crippen molar-refractivity contribution in [3.8, 4) is 0 Å². The lowest BCUT2D eigenvalue weighted by Gasteiger charge is -2.26. The molecule has 1 fully saturated rings. The Bertz CT molecular complexity index is 567. The van der Waals surface area contributed by atoms with Crippen LogP contribution in [-0.2, 0) is 0 Å². The molecule has 0 amide bonds. The van der Waals surface area contributed by atoms with Crippen LogP contribution in [0.5, 0.6) is 0 Å². The van der Waals surface area contributed by atoms with Crippen molar-refractivity contribution in [3.63, 3.8) is 0 Å². The van der Waals surface area contributed by atoms with Gasteiger partial charge >= 0.3 is 0 Å². The van der Waals surface area contributed by atoms with Crippen molar-refractivity contribution >= 4 is 0 Å². The quantitative estimate of drug-likeness (QED) is 0.853. The third-order valence-electron chi connectivity index (χ3n) is 4.51. The zero-order chi connectivity index (χ0) is 13.9. The summed E-state index contributed by atoms with van der Waals surface area (Å²) in [6, 6.07) is 18.3. The first-order valence-electron chi connectivity index (χ1n) is 7.61. The minimum Gasteiger partial charge on any atom is -0.309 e. The predicted molar refractivity (Wildman–Crippen MR) is 85.1 cm³/mol. The van der Waals surface area contributed by atoms with Gasteiger partial charge in [0, 0.05) is 0 Å². The Hall–Kier alpha value is -1.60. The minimum absolute atomic E-state index is 0.283. The van der Waals surface area contributed by atoms with Gasteiger partial charge in [-0.3, -0.25) is 0 Å². The summed E-state index contributed by atoms with van der Waals surface area (Å²) < 4.78 is 0. The van der Waals surface area contributed by atoms with Crippen molar-refractivity contribution < 1.29 is 0 Å². The van der Waals surface area contributed by atoms with Crippen molar-refractivity contribution in [1.82, 2.24) is 5.32 Å². The molecule has 1 saturated carbocycles. The molecule has 3 rings (SSSR count). The average Bonchev–Trinajstić information content (AvgIpc) is 2.40. The van der Waals surface area contributed by atoms with E-state index < -0.39 is 0 Å². The van der Waals surface area contributed by atoms with Gasteiger partial charge in [-0.1, -0.05) is 60.5 Å². The summed E-state index contributed by atoms with van der Waals surface area (Å²) in [7, 11) is 2.03. The second-order valence-corrected chi connectivity index (χ2v) is 5.93. The highest BCUT2D eigenvalue weighted by atomic mass is 14.9. The van der Waals surface area contributed by atoms with Crippen LogP contribution in [-0.4, -0.2) is 7.05 Å². The number of nitrogens with one attached hydrogen (secondary N) is 1. The highest BCUT2D eigenvalue weighted by Gasteiger charge is 2.19. The van der Waals surface area contributed by atoms with Crippen molar-refractivity contribution in [2.75, 3.05) is 7.05 Å². The Balaban J connectivity index is 1.85. The van der Waals surface area contributed by atoms with Crippen LogP contribution >= 0.6 is 0 Å². The molecule has 0 saturated heterocycles. The van der Waals surface area contributed by atoms with Crippen LogP contribution in [0.4, 0.5) is 0 Å². The lowest BCUT2D eigenvalue weighted by molar-refractivity contribution is 0.419. The third kappa shape index (κ3) is 2.64. The summed E-state index contributed by atoms with van der Waals surface area (Å²) in [4.78, 5) is 0. The van der Waals surface area contributed by atoms with E-state index in [9.17, 15) is 0 Å². The number of aryl methyl sites for hydroxylation is 1. The molecule has 1 aliphatic carbocycles. The highest BCUT2D eigenvalue weighted by Crippen LogP contribution is 2.36. The molecule has 2 aromatic carbocycles. The summed E-state index contributed by atoms with van der Waals surface area (Å²) in [6.07, 6.45) is 4.13. The van der Waals surface area contributed by atoms with Gasteiger partial charge in [0.25, 0.3) is 0 Å². The van der Waals surface area contributed by atoms with Crippen LogP contribution in [0.15, 0.2) is 48.5 Å². The molecular weight excluding hydrogens is 242 g/mol. The summed E-state index contributed by atoms with van der Waals surface area (Å²) in [6.45, 7) is 2.15. The first kappa shape index (κ1) is 13.4. The van der Waals surface area contributed by atoms with E-state index in [1.54, 1.807) is 0 Å². The first-order chi connectivity index (χ1) is 9.78. The Labute approximate surface area is 122 Å². The second-order valence-electron chi connectivity index (χ2n) is 5.93. The van der Waals surface area contributed by atoms with Gasteiger partial charge in [-0.25, -0.2) is 0 Å². The maximum absolute atomic E-state index is 3.44. The lowest BCUT2D eigenvalue weighted by atomic mass is 9.79. The SMILES string of the molecule is CNC(c1ccc(C2CCC2)cc1)c1cccc(C)c1. The molecule has 1 N–H and O–H groups in total. The lowest BCUT2D eigenvalue weighted by Crippen LogP contribution is -2.18. The van der Waals surface area contributed by atoms with Crippen molar-refractivity contribution in [1.29, 1.82) is 0 Å². The van der Waals surface area contributed by atoms with Crippen LogP contribution < -0.4 is 5.32 Å². The van der Waals surface area contributed by atoms with Crippen LogP contribution in [0.2, 0.25) is 0 Å². The second kappa shape index (κ2) is 5.80. The Morgan fingerprint density at radius 3 is 2.30 bits per heavy atom. The molecule has 0 aliphatic heterocycles. The molecule has 1 unspecified atom stereocenters. The van der Waals surface area contributed by atoms with E-state index in [4.69, 9.17) is 0 Å². The van der Waals surface area contributed by atoms with Gasteiger partial charge < -0.3 is 5.32 Å². The maximum atomic E-state index is 3.44. The Kier molecular flexibility index (Phi) is 3.88. The summed E-state index contributed by atoms with van der Waals surface area (Å²) in [5.41, 5.74) is 5.51. The van der Waals surface area contributed by atoms with Crippen LogP contribution in [0.1, 0.15) is 53.5 Å². The number of rotatable bonds is 4. The molecule has 1 aliphatic rings. The molecule has 1 nitrogen and oxygen atoms in total. The molecule has 0 spiro atoms. The maximum Gasteiger partial charge on any atom is 0.0574 e. The predicted octanol–water partition coefficient (Wildman–Crippen LogP) is 4.57.